The van der Waals surface area contributed by atoms with E-state index in [-0.39, 0.29) is 133 Å². The molecular formula is C79H90N8O6. The Labute approximate surface area is 549 Å². The SMILES string of the molecule is NCCCN1CC(=O)N(CC(c2ccccc2)c2ccccc2)CC(=O)N(CCCN)CC(=O)N(CC(c2ccccc2)c2ccccc2)CCC(=O)N(CC(c2ccccc2)c2ccccc2)CC(=O)CCCCN(CC(c2ccccc2)c2ccccc2)CC1=O. The van der Waals surface area contributed by atoms with E-state index < -0.39 is 24.3 Å². The molecule has 0 saturated carbocycles. The Morgan fingerprint density at radius 1 is 0.280 bits per heavy atom. The molecule has 0 atom stereocenters. The standard InChI is InChI=1S/C79H90N8O6/c80-47-27-50-83-60-79(93)87(57-74(68-41-21-7-22-42-68)69-43-23-8-24-44-69)61-78(92)84(51-28-48-81)59-77(91)85(55-72(64-33-13-3-14-34-64)65-35-15-4-16-36-65)52-46-75(89)86(56-73(66-37-17-5-18-38-66)67-39-19-6-20-40-67)53-70(88)45-25-26-49-82(58-76(83)90)54-71(62-29-9-1-10-30-62)63-31-11-2-12-32-63/h1-24,29-44,71-74H,25-28,45-61,80-81H2. The van der Waals surface area contributed by atoms with Gasteiger partial charge in [0.1, 0.15) is 0 Å². The first-order valence-electron chi connectivity index (χ1n) is 33.0. The van der Waals surface area contributed by atoms with Crippen LogP contribution in [-0.2, 0) is 28.8 Å². The summed E-state index contributed by atoms with van der Waals surface area (Å²) in [4.78, 5) is 102. The van der Waals surface area contributed by atoms with Gasteiger partial charge in [-0.05, 0) is 89.8 Å². The van der Waals surface area contributed by atoms with E-state index >= 15 is 24.0 Å². The van der Waals surface area contributed by atoms with Gasteiger partial charge in [0.05, 0.1) is 32.7 Å². The Morgan fingerprint density at radius 2 is 0.559 bits per heavy atom. The molecule has 14 heteroatoms. The second-order valence-corrected chi connectivity index (χ2v) is 24.3. The lowest BCUT2D eigenvalue weighted by atomic mass is 9.90. The van der Waals surface area contributed by atoms with Crippen LogP contribution in [0.25, 0.3) is 0 Å². The smallest absolute Gasteiger partial charge is 0.242 e. The van der Waals surface area contributed by atoms with Gasteiger partial charge in [-0.1, -0.05) is 243 Å². The highest BCUT2D eigenvalue weighted by atomic mass is 16.2. The average molecular weight is 1250 g/mol. The van der Waals surface area contributed by atoms with Crippen LogP contribution < -0.4 is 11.5 Å². The van der Waals surface area contributed by atoms with Crippen LogP contribution in [0.2, 0.25) is 0 Å². The summed E-state index contributed by atoms with van der Waals surface area (Å²) in [5.41, 5.74) is 20.3. The van der Waals surface area contributed by atoms with Crippen molar-refractivity contribution in [2.24, 2.45) is 11.5 Å². The third-order valence-corrected chi connectivity index (χ3v) is 17.8. The predicted molar refractivity (Wildman–Crippen MR) is 369 cm³/mol. The molecule has 0 bridgehead atoms. The average Bonchev–Trinajstić information content (AvgIpc) is 2.25. The highest BCUT2D eigenvalue weighted by molar-refractivity contribution is 5.91. The van der Waals surface area contributed by atoms with Gasteiger partial charge in [0.2, 0.25) is 29.5 Å². The Morgan fingerprint density at radius 3 is 0.903 bits per heavy atom. The van der Waals surface area contributed by atoms with E-state index in [4.69, 9.17) is 11.5 Å². The van der Waals surface area contributed by atoms with Crippen molar-refractivity contribution in [1.82, 2.24) is 29.4 Å². The summed E-state index contributed by atoms with van der Waals surface area (Å²) in [6, 6.07) is 80.1. The maximum atomic E-state index is 15.6. The summed E-state index contributed by atoms with van der Waals surface area (Å²) in [6.07, 6.45) is 1.89. The molecule has 14 nitrogen and oxygen atoms in total. The first-order valence-corrected chi connectivity index (χ1v) is 33.0. The van der Waals surface area contributed by atoms with E-state index in [0.29, 0.717) is 38.8 Å². The second-order valence-electron chi connectivity index (χ2n) is 24.3. The molecule has 482 valence electrons. The van der Waals surface area contributed by atoms with Crippen LogP contribution in [0.1, 0.15) is 107 Å². The molecule has 0 aliphatic carbocycles. The number of hydrogen-bond acceptors (Lipinski definition) is 9. The number of carbonyl (C=O) groups excluding carboxylic acids is 6. The van der Waals surface area contributed by atoms with E-state index in [1.807, 2.05) is 218 Å². The molecule has 1 heterocycles. The van der Waals surface area contributed by atoms with Crippen LogP contribution in [-0.4, -0.2) is 163 Å². The molecule has 93 heavy (non-hydrogen) atoms. The van der Waals surface area contributed by atoms with Crippen molar-refractivity contribution in [2.75, 3.05) is 98.2 Å². The number of carbonyl (C=O) groups is 6. The summed E-state index contributed by atoms with van der Waals surface area (Å²) in [6.45, 7) is 0.820. The molecule has 0 radical (unpaired) electrons. The number of rotatable bonds is 22. The van der Waals surface area contributed by atoms with Gasteiger partial charge < -0.3 is 36.0 Å². The largest absolute Gasteiger partial charge is 0.340 e. The third kappa shape index (κ3) is 20.3. The Kier molecular flexibility index (Phi) is 26.4. The van der Waals surface area contributed by atoms with Gasteiger partial charge >= 0.3 is 0 Å². The fourth-order valence-corrected chi connectivity index (χ4v) is 12.6. The first-order chi connectivity index (χ1) is 45.5. The Hall–Kier alpha value is -9.34. The zero-order valence-electron chi connectivity index (χ0n) is 53.5. The van der Waals surface area contributed by atoms with Crippen LogP contribution in [0.4, 0.5) is 0 Å². The van der Waals surface area contributed by atoms with Crippen molar-refractivity contribution in [3.63, 3.8) is 0 Å². The number of Topliss-reactive ketones (excluding diaryl/α,β-unsaturated/α-hetero) is 1. The van der Waals surface area contributed by atoms with Gasteiger partial charge in [-0.2, -0.15) is 0 Å². The zero-order chi connectivity index (χ0) is 65.0. The number of amides is 5. The molecule has 8 aromatic carbocycles. The van der Waals surface area contributed by atoms with Gasteiger partial charge in [0.25, 0.3) is 0 Å². The van der Waals surface area contributed by atoms with Gasteiger partial charge in [-0.3, -0.25) is 33.7 Å². The first kappa shape index (κ1) is 68.0. The summed E-state index contributed by atoms with van der Waals surface area (Å²) in [5, 5.41) is 0. The van der Waals surface area contributed by atoms with E-state index in [1.165, 1.54) is 4.90 Å². The Balaban J connectivity index is 1.12. The highest BCUT2D eigenvalue weighted by Gasteiger charge is 2.33. The fourth-order valence-electron chi connectivity index (χ4n) is 12.6. The molecule has 0 spiro atoms. The van der Waals surface area contributed by atoms with Crippen LogP contribution in [0.15, 0.2) is 243 Å². The van der Waals surface area contributed by atoms with Crippen molar-refractivity contribution in [2.45, 2.75) is 62.2 Å². The van der Waals surface area contributed by atoms with E-state index in [1.54, 1.807) is 19.6 Å². The number of nitrogens with zero attached hydrogens (tertiary/aromatic N) is 6. The molecule has 0 unspecified atom stereocenters. The number of nitrogens with two attached hydrogens (primary N) is 2. The van der Waals surface area contributed by atoms with Gasteiger partial charge in [0, 0.05) is 82.3 Å². The lowest BCUT2D eigenvalue weighted by Crippen LogP contribution is -2.52. The lowest BCUT2D eigenvalue weighted by Gasteiger charge is -2.34. The monoisotopic (exact) mass is 1250 g/mol. The fraction of sp³-hybridized carbons (Fsp3) is 0.316. The maximum Gasteiger partial charge on any atom is 0.242 e. The normalized spacial score (nSPS) is 15.3. The minimum Gasteiger partial charge on any atom is -0.340 e. The molecule has 1 aliphatic heterocycles. The molecule has 0 aromatic heterocycles. The molecule has 1 aliphatic rings. The van der Waals surface area contributed by atoms with E-state index in [0.717, 1.165) is 44.5 Å². The maximum absolute atomic E-state index is 15.6. The van der Waals surface area contributed by atoms with Crippen molar-refractivity contribution in [3.05, 3.63) is 287 Å². The van der Waals surface area contributed by atoms with Crippen molar-refractivity contribution >= 4 is 35.3 Å². The minimum atomic E-state index is -0.474. The van der Waals surface area contributed by atoms with E-state index in [9.17, 15) is 4.79 Å². The topological polar surface area (TPSA) is 174 Å². The van der Waals surface area contributed by atoms with Crippen LogP contribution >= 0.6 is 0 Å². The lowest BCUT2D eigenvalue weighted by molar-refractivity contribution is -0.146. The zero-order valence-corrected chi connectivity index (χ0v) is 53.5. The van der Waals surface area contributed by atoms with Crippen molar-refractivity contribution in [3.8, 4) is 0 Å². The van der Waals surface area contributed by atoms with Crippen LogP contribution in [0, 0.1) is 0 Å². The minimum absolute atomic E-state index is 0.0192. The summed E-state index contributed by atoms with van der Waals surface area (Å²) >= 11 is 0. The predicted octanol–water partition coefficient (Wildman–Crippen LogP) is 10.6. The van der Waals surface area contributed by atoms with Gasteiger partial charge in [-0.25, -0.2) is 0 Å². The summed E-state index contributed by atoms with van der Waals surface area (Å²) in [5.74, 6) is -3.12. The Bertz CT molecular complexity index is 3400. The summed E-state index contributed by atoms with van der Waals surface area (Å²) in [7, 11) is 0. The van der Waals surface area contributed by atoms with Gasteiger partial charge in [0.15, 0.2) is 5.78 Å². The van der Waals surface area contributed by atoms with Crippen LogP contribution in [0.5, 0.6) is 0 Å². The van der Waals surface area contributed by atoms with Crippen LogP contribution in [0.3, 0.4) is 0 Å². The molecular weight excluding hydrogens is 1160 g/mol. The highest BCUT2D eigenvalue weighted by Crippen LogP contribution is 2.31. The molecule has 4 N–H and O–H groups in total. The molecule has 8 aromatic rings. The van der Waals surface area contributed by atoms with Gasteiger partial charge in [-0.15, -0.1) is 0 Å². The molecule has 9 rings (SSSR count). The number of hydrogen-bond donors (Lipinski definition) is 2. The molecule has 1 fully saturated rings. The van der Waals surface area contributed by atoms with E-state index in [2.05, 4.69) is 29.2 Å². The summed E-state index contributed by atoms with van der Waals surface area (Å²) < 4.78 is 0. The van der Waals surface area contributed by atoms with Crippen molar-refractivity contribution < 1.29 is 28.8 Å². The third-order valence-electron chi connectivity index (χ3n) is 17.8. The quantitative estimate of drug-likeness (QED) is 0.0669. The molecule has 5 amide bonds. The second kappa shape index (κ2) is 36.0. The van der Waals surface area contributed by atoms with Crippen molar-refractivity contribution in [1.29, 1.82) is 0 Å². The molecule has 1 saturated heterocycles. The number of ketones is 1. The number of benzene rings is 8.